The van der Waals surface area contributed by atoms with Crippen molar-refractivity contribution < 1.29 is 0 Å². The van der Waals surface area contributed by atoms with Crippen LogP contribution in [0.15, 0.2) is 6.20 Å². The second kappa shape index (κ2) is 3.19. The van der Waals surface area contributed by atoms with Crippen molar-refractivity contribution in [2.45, 2.75) is 19.5 Å². The fraction of sp³-hybridized carbons (Fsp3) is 0.556. The van der Waals surface area contributed by atoms with Crippen LogP contribution in [0.2, 0.25) is 0 Å². The Hall–Kier alpha value is -1.34. The first-order valence-electron chi connectivity index (χ1n) is 4.40. The minimum atomic E-state index is 0.374. The van der Waals surface area contributed by atoms with Crippen LogP contribution in [0.1, 0.15) is 11.3 Å². The number of likely N-dealkylation sites (N-methyl/N-ethyl adjacent to an activating group) is 1. The van der Waals surface area contributed by atoms with Crippen molar-refractivity contribution in [1.29, 1.82) is 5.26 Å². The van der Waals surface area contributed by atoms with Crippen LogP contribution < -0.4 is 0 Å². The summed E-state index contributed by atoms with van der Waals surface area (Å²) in [5.41, 5.74) is 2.50. The molecule has 13 heavy (non-hydrogen) atoms. The average molecular weight is 176 g/mol. The van der Waals surface area contributed by atoms with E-state index >= 15 is 0 Å². The van der Waals surface area contributed by atoms with Gasteiger partial charge in [0.1, 0.15) is 6.54 Å². The zero-order valence-corrected chi connectivity index (χ0v) is 7.69. The number of hydrogen-bond acceptors (Lipinski definition) is 3. The van der Waals surface area contributed by atoms with Crippen molar-refractivity contribution in [3.8, 4) is 6.07 Å². The van der Waals surface area contributed by atoms with Gasteiger partial charge in [-0.05, 0) is 7.05 Å². The van der Waals surface area contributed by atoms with E-state index in [0.29, 0.717) is 6.54 Å². The summed E-state index contributed by atoms with van der Waals surface area (Å²) in [7, 11) is 2.10. The maximum absolute atomic E-state index is 8.57. The molecule has 1 aromatic heterocycles. The predicted octanol–water partition coefficient (Wildman–Crippen LogP) is 0.395. The summed E-state index contributed by atoms with van der Waals surface area (Å²) in [6.07, 6.45) is 2.88. The summed E-state index contributed by atoms with van der Waals surface area (Å²) in [5.74, 6) is 0. The Morgan fingerprint density at radius 3 is 3.31 bits per heavy atom. The lowest BCUT2D eigenvalue weighted by Crippen LogP contribution is -2.27. The topological polar surface area (TPSA) is 44.9 Å². The summed E-state index contributed by atoms with van der Waals surface area (Å²) in [5, 5.41) is 12.8. The van der Waals surface area contributed by atoms with Gasteiger partial charge in [0.05, 0.1) is 12.3 Å². The summed E-state index contributed by atoms with van der Waals surface area (Å²) >= 11 is 0. The second-order valence-electron chi connectivity index (χ2n) is 3.42. The van der Waals surface area contributed by atoms with Gasteiger partial charge in [-0.25, -0.2) is 0 Å². The molecule has 0 N–H and O–H groups in total. The van der Waals surface area contributed by atoms with E-state index in [9.17, 15) is 0 Å². The minimum Gasteiger partial charge on any atom is -0.302 e. The molecule has 2 heterocycles. The molecular formula is C9H12N4. The van der Waals surface area contributed by atoms with E-state index in [1.165, 1.54) is 11.3 Å². The van der Waals surface area contributed by atoms with Gasteiger partial charge in [-0.2, -0.15) is 10.4 Å². The van der Waals surface area contributed by atoms with Gasteiger partial charge in [-0.3, -0.25) is 4.68 Å². The van der Waals surface area contributed by atoms with Crippen molar-refractivity contribution in [1.82, 2.24) is 14.7 Å². The summed E-state index contributed by atoms with van der Waals surface area (Å²) < 4.78 is 1.81. The minimum absolute atomic E-state index is 0.374. The van der Waals surface area contributed by atoms with E-state index < -0.39 is 0 Å². The SMILES string of the molecule is CN1CCc2c(cnn2CC#N)C1. The van der Waals surface area contributed by atoms with Crippen LogP contribution in [0.4, 0.5) is 0 Å². The molecule has 0 saturated heterocycles. The first kappa shape index (κ1) is 8.27. The van der Waals surface area contributed by atoms with E-state index in [2.05, 4.69) is 23.1 Å². The molecule has 0 bridgehead atoms. The van der Waals surface area contributed by atoms with Gasteiger partial charge < -0.3 is 4.90 Å². The molecule has 0 radical (unpaired) electrons. The van der Waals surface area contributed by atoms with Crippen LogP contribution in [-0.4, -0.2) is 28.3 Å². The zero-order valence-electron chi connectivity index (χ0n) is 7.69. The van der Waals surface area contributed by atoms with Crippen LogP contribution in [-0.2, 0) is 19.5 Å². The molecule has 1 aliphatic rings. The number of rotatable bonds is 1. The monoisotopic (exact) mass is 176 g/mol. The molecule has 0 amide bonds. The van der Waals surface area contributed by atoms with Crippen molar-refractivity contribution in [2.24, 2.45) is 0 Å². The van der Waals surface area contributed by atoms with Crippen LogP contribution in [0.25, 0.3) is 0 Å². The van der Waals surface area contributed by atoms with Gasteiger partial charge in [0, 0.05) is 30.8 Å². The molecule has 68 valence electrons. The van der Waals surface area contributed by atoms with E-state index in [0.717, 1.165) is 19.5 Å². The number of aromatic nitrogens is 2. The molecule has 0 atom stereocenters. The molecule has 2 rings (SSSR count). The number of nitrogens with zero attached hydrogens (tertiary/aromatic N) is 4. The van der Waals surface area contributed by atoms with Gasteiger partial charge in [0.2, 0.25) is 0 Å². The average Bonchev–Trinajstić information content (AvgIpc) is 2.49. The number of nitriles is 1. The van der Waals surface area contributed by atoms with E-state index in [4.69, 9.17) is 5.26 Å². The van der Waals surface area contributed by atoms with E-state index in [-0.39, 0.29) is 0 Å². The van der Waals surface area contributed by atoms with Crippen molar-refractivity contribution in [3.63, 3.8) is 0 Å². The van der Waals surface area contributed by atoms with Crippen LogP contribution in [0.5, 0.6) is 0 Å². The fourth-order valence-electron chi connectivity index (χ4n) is 1.74. The van der Waals surface area contributed by atoms with Gasteiger partial charge >= 0.3 is 0 Å². The third-order valence-electron chi connectivity index (χ3n) is 2.43. The molecule has 0 spiro atoms. The van der Waals surface area contributed by atoms with E-state index in [1.807, 2.05) is 10.9 Å². The lowest BCUT2D eigenvalue weighted by Gasteiger charge is -2.22. The highest BCUT2D eigenvalue weighted by atomic mass is 15.3. The molecule has 1 aromatic rings. The number of fused-ring (bicyclic) bond motifs is 1. The van der Waals surface area contributed by atoms with Gasteiger partial charge in [0.25, 0.3) is 0 Å². The maximum atomic E-state index is 8.57. The Kier molecular flexibility index (Phi) is 2.03. The third kappa shape index (κ3) is 1.43. The van der Waals surface area contributed by atoms with Crippen LogP contribution in [0, 0.1) is 11.3 Å². The first-order chi connectivity index (χ1) is 6.31. The lowest BCUT2D eigenvalue weighted by molar-refractivity contribution is 0.308. The standard InChI is InChI=1S/C9H12N4/c1-12-4-2-9-8(7-12)6-11-13(9)5-3-10/h6H,2,4-5,7H2,1H3. The third-order valence-corrected chi connectivity index (χ3v) is 2.43. The first-order valence-corrected chi connectivity index (χ1v) is 4.40. The Bertz CT molecular complexity index is 347. The molecule has 0 fully saturated rings. The Balaban J connectivity index is 2.29. The Morgan fingerprint density at radius 2 is 2.54 bits per heavy atom. The van der Waals surface area contributed by atoms with Crippen molar-refractivity contribution >= 4 is 0 Å². The Labute approximate surface area is 77.4 Å². The van der Waals surface area contributed by atoms with Crippen molar-refractivity contribution in [3.05, 3.63) is 17.5 Å². The normalized spacial score (nSPS) is 16.6. The highest BCUT2D eigenvalue weighted by Crippen LogP contribution is 2.16. The van der Waals surface area contributed by atoms with Gasteiger partial charge in [-0.1, -0.05) is 0 Å². The molecule has 0 aliphatic carbocycles. The summed E-state index contributed by atoms with van der Waals surface area (Å²) in [6, 6.07) is 2.12. The van der Waals surface area contributed by atoms with Crippen LogP contribution >= 0.6 is 0 Å². The number of hydrogen-bond donors (Lipinski definition) is 0. The highest BCUT2D eigenvalue weighted by Gasteiger charge is 2.17. The summed E-state index contributed by atoms with van der Waals surface area (Å²) in [4.78, 5) is 2.26. The largest absolute Gasteiger partial charge is 0.302 e. The quantitative estimate of drug-likeness (QED) is 0.622. The maximum Gasteiger partial charge on any atom is 0.128 e. The van der Waals surface area contributed by atoms with Gasteiger partial charge in [-0.15, -0.1) is 0 Å². The lowest BCUT2D eigenvalue weighted by atomic mass is 10.1. The van der Waals surface area contributed by atoms with Gasteiger partial charge in [0.15, 0.2) is 0 Å². The van der Waals surface area contributed by atoms with E-state index in [1.54, 1.807) is 0 Å². The molecular weight excluding hydrogens is 164 g/mol. The molecule has 4 nitrogen and oxygen atoms in total. The Morgan fingerprint density at radius 1 is 1.69 bits per heavy atom. The highest BCUT2D eigenvalue weighted by molar-refractivity contribution is 5.20. The second-order valence-corrected chi connectivity index (χ2v) is 3.42. The molecule has 0 aromatic carbocycles. The zero-order chi connectivity index (χ0) is 9.26. The molecule has 4 heteroatoms. The predicted molar refractivity (Wildman–Crippen MR) is 47.9 cm³/mol. The van der Waals surface area contributed by atoms with Crippen molar-refractivity contribution in [2.75, 3.05) is 13.6 Å². The summed E-state index contributed by atoms with van der Waals surface area (Å²) in [6.45, 7) is 2.39. The van der Waals surface area contributed by atoms with Crippen LogP contribution in [0.3, 0.4) is 0 Å². The molecule has 1 aliphatic heterocycles. The molecule has 0 unspecified atom stereocenters. The molecule has 0 saturated carbocycles. The fourth-order valence-corrected chi connectivity index (χ4v) is 1.74. The smallest absolute Gasteiger partial charge is 0.128 e.